The molecule has 0 amide bonds. The topological polar surface area (TPSA) is 23.5 Å². The molecule has 2 aliphatic rings. The van der Waals surface area contributed by atoms with Gasteiger partial charge in [-0.3, -0.25) is 0 Å². The van der Waals surface area contributed by atoms with E-state index >= 15 is 0 Å². The summed E-state index contributed by atoms with van der Waals surface area (Å²) in [7, 11) is 0. The lowest BCUT2D eigenvalue weighted by molar-refractivity contribution is 0.402. The van der Waals surface area contributed by atoms with E-state index in [0.29, 0.717) is 22.2 Å². The van der Waals surface area contributed by atoms with Crippen LogP contribution < -0.4 is 4.90 Å². The van der Waals surface area contributed by atoms with E-state index in [1.807, 2.05) is 49.4 Å². The Hall–Kier alpha value is -2.68. The van der Waals surface area contributed by atoms with Crippen LogP contribution in [0, 0.1) is 0 Å². The number of anilines is 1. The van der Waals surface area contributed by atoms with E-state index < -0.39 is 0 Å². The minimum atomic E-state index is 0.290. The average Bonchev–Trinajstić information content (AvgIpc) is 2.88. The number of rotatable bonds is 8. The number of benzene rings is 2. The lowest BCUT2D eigenvalue weighted by Gasteiger charge is -2.37. The highest BCUT2D eigenvalue weighted by molar-refractivity contribution is 6.31. The molecule has 0 spiro atoms. The summed E-state index contributed by atoms with van der Waals surface area (Å²) >= 11 is 12.2. The molecule has 2 aromatic carbocycles. The highest BCUT2D eigenvalue weighted by Crippen LogP contribution is 2.36. The summed E-state index contributed by atoms with van der Waals surface area (Å²) in [6.07, 6.45) is 17.9. The maximum Gasteiger partial charge on any atom is 0.0966 e. The van der Waals surface area contributed by atoms with Crippen molar-refractivity contribution in [3.8, 4) is 0 Å². The molecule has 0 saturated heterocycles. The number of halogens is 2. The molecule has 2 aromatic rings. The van der Waals surface area contributed by atoms with Crippen molar-refractivity contribution in [3.63, 3.8) is 0 Å². The number of hydrogen-bond acceptors (Lipinski definition) is 2. The zero-order valence-electron chi connectivity index (χ0n) is 21.2. The summed E-state index contributed by atoms with van der Waals surface area (Å²) in [5, 5.41) is 12.0. The van der Waals surface area contributed by atoms with Gasteiger partial charge in [-0.05, 0) is 110 Å². The van der Waals surface area contributed by atoms with Crippen molar-refractivity contribution < 1.29 is 5.11 Å². The molecule has 4 heteroatoms. The largest absolute Gasteiger partial charge is 0.512 e. The van der Waals surface area contributed by atoms with Crippen molar-refractivity contribution in [1.29, 1.82) is 0 Å². The van der Waals surface area contributed by atoms with Gasteiger partial charge in [-0.15, -0.1) is 0 Å². The summed E-state index contributed by atoms with van der Waals surface area (Å²) in [5.74, 6) is 0.290. The molecule has 2 nitrogen and oxygen atoms in total. The van der Waals surface area contributed by atoms with Gasteiger partial charge in [-0.25, -0.2) is 0 Å². The van der Waals surface area contributed by atoms with Gasteiger partial charge in [0.25, 0.3) is 0 Å². The van der Waals surface area contributed by atoms with Crippen molar-refractivity contribution in [1.82, 2.24) is 0 Å². The predicted octanol–water partition coefficient (Wildman–Crippen LogP) is 9.45. The Morgan fingerprint density at radius 3 is 2.31 bits per heavy atom. The first-order valence-electron chi connectivity index (χ1n) is 12.9. The standard InChI is InChI=1S/C32H35Cl2NO/c1-3-28(33)12-5-13-30(36)22-31(25-14-16-29(34)17-15-25)23(2)8-4-9-24-20-26-10-6-18-35-19-7-11-27(21-24)32(26)35/h3-5,9,12,14-17,20-22,36H,6-8,10-11,13,18-19H2,1-2H3/b9-4+,12-5-,28-3+,30-22-,31-23-. The van der Waals surface area contributed by atoms with Gasteiger partial charge < -0.3 is 10.0 Å². The van der Waals surface area contributed by atoms with Crippen LogP contribution in [0.25, 0.3) is 11.6 Å². The molecule has 0 saturated carbocycles. The van der Waals surface area contributed by atoms with E-state index in [4.69, 9.17) is 23.2 Å². The van der Waals surface area contributed by atoms with Crippen molar-refractivity contribution in [2.24, 2.45) is 0 Å². The second kappa shape index (κ2) is 12.5. The maximum atomic E-state index is 10.6. The predicted molar refractivity (Wildman–Crippen MR) is 157 cm³/mol. The van der Waals surface area contributed by atoms with Gasteiger partial charge in [0.2, 0.25) is 0 Å². The summed E-state index contributed by atoms with van der Waals surface area (Å²) in [4.78, 5) is 2.58. The van der Waals surface area contributed by atoms with Crippen LogP contribution in [0.2, 0.25) is 5.02 Å². The second-order valence-corrected chi connectivity index (χ2v) is 10.5. The van der Waals surface area contributed by atoms with Crippen LogP contribution in [0.1, 0.15) is 61.8 Å². The van der Waals surface area contributed by atoms with E-state index in [0.717, 1.165) is 17.6 Å². The molecule has 36 heavy (non-hydrogen) atoms. The van der Waals surface area contributed by atoms with Gasteiger partial charge in [0, 0.05) is 35.3 Å². The van der Waals surface area contributed by atoms with Gasteiger partial charge in [0.05, 0.1) is 5.76 Å². The third kappa shape index (κ3) is 6.75. The first-order chi connectivity index (χ1) is 17.4. The molecule has 2 aliphatic heterocycles. The molecule has 0 radical (unpaired) electrons. The number of aliphatic hydroxyl groups is 1. The number of allylic oxidation sites excluding steroid dienone is 8. The highest BCUT2D eigenvalue weighted by atomic mass is 35.5. The van der Waals surface area contributed by atoms with Crippen molar-refractivity contribution in [2.45, 2.75) is 52.4 Å². The van der Waals surface area contributed by atoms with Crippen LogP contribution in [0.15, 0.2) is 83.1 Å². The smallest absolute Gasteiger partial charge is 0.0966 e. The van der Waals surface area contributed by atoms with E-state index in [1.165, 1.54) is 66.7 Å². The van der Waals surface area contributed by atoms with Crippen molar-refractivity contribution >= 4 is 40.5 Å². The molecular weight excluding hydrogens is 485 g/mol. The lowest BCUT2D eigenvalue weighted by atomic mass is 9.90. The molecule has 1 N–H and O–H groups in total. The van der Waals surface area contributed by atoms with Crippen LogP contribution in [0.5, 0.6) is 0 Å². The highest BCUT2D eigenvalue weighted by Gasteiger charge is 2.23. The zero-order valence-corrected chi connectivity index (χ0v) is 22.7. The molecular formula is C32H35Cl2NO. The van der Waals surface area contributed by atoms with E-state index in [2.05, 4.69) is 36.1 Å². The van der Waals surface area contributed by atoms with Crippen molar-refractivity contribution in [2.75, 3.05) is 18.0 Å². The summed E-state index contributed by atoms with van der Waals surface area (Å²) < 4.78 is 0. The van der Waals surface area contributed by atoms with E-state index in [-0.39, 0.29) is 0 Å². The number of nitrogens with zero attached hydrogens (tertiary/aromatic N) is 1. The van der Waals surface area contributed by atoms with Gasteiger partial charge in [-0.2, -0.15) is 0 Å². The molecule has 4 rings (SSSR count). The Balaban J connectivity index is 1.57. The Bertz CT molecular complexity index is 1200. The van der Waals surface area contributed by atoms with Gasteiger partial charge >= 0.3 is 0 Å². The summed E-state index contributed by atoms with van der Waals surface area (Å²) in [5.41, 5.74) is 9.04. The zero-order chi connectivity index (χ0) is 25.5. The van der Waals surface area contributed by atoms with Gasteiger partial charge in [0.15, 0.2) is 0 Å². The van der Waals surface area contributed by atoms with Crippen molar-refractivity contribution in [3.05, 3.63) is 110 Å². The lowest BCUT2D eigenvalue weighted by Crippen LogP contribution is -2.34. The third-order valence-corrected chi connectivity index (χ3v) is 7.49. The normalized spacial score (nSPS) is 17.1. The molecule has 2 heterocycles. The van der Waals surface area contributed by atoms with Gasteiger partial charge in [-0.1, -0.05) is 65.2 Å². The molecule has 0 fully saturated rings. The van der Waals surface area contributed by atoms with Crippen LogP contribution in [0.3, 0.4) is 0 Å². The van der Waals surface area contributed by atoms with Crippen LogP contribution >= 0.6 is 23.2 Å². The van der Waals surface area contributed by atoms with Crippen LogP contribution in [0.4, 0.5) is 5.69 Å². The Labute approximate surface area is 225 Å². The van der Waals surface area contributed by atoms with Crippen LogP contribution in [-0.4, -0.2) is 18.2 Å². The Morgan fingerprint density at radius 2 is 1.67 bits per heavy atom. The molecule has 0 unspecified atom stereocenters. The second-order valence-electron chi connectivity index (χ2n) is 9.61. The fourth-order valence-corrected chi connectivity index (χ4v) is 5.32. The maximum absolute atomic E-state index is 10.6. The Kier molecular flexibility index (Phi) is 9.18. The van der Waals surface area contributed by atoms with E-state index in [1.54, 1.807) is 6.08 Å². The minimum absolute atomic E-state index is 0.290. The molecule has 188 valence electrons. The molecule has 0 bridgehead atoms. The summed E-state index contributed by atoms with van der Waals surface area (Å²) in [6.45, 7) is 6.41. The summed E-state index contributed by atoms with van der Waals surface area (Å²) in [6, 6.07) is 12.5. The quantitative estimate of drug-likeness (QED) is 0.277. The first kappa shape index (κ1) is 26.4. The number of hydrogen-bond donors (Lipinski definition) is 1. The first-order valence-corrected chi connectivity index (χ1v) is 13.6. The molecule has 0 aliphatic carbocycles. The van der Waals surface area contributed by atoms with E-state index in [9.17, 15) is 5.11 Å². The fourth-order valence-electron chi connectivity index (χ4n) is 5.10. The van der Waals surface area contributed by atoms with Gasteiger partial charge in [0.1, 0.15) is 0 Å². The number of aliphatic hydroxyl groups excluding tert-OH is 1. The SMILES string of the molecule is C/C=C(Cl)\C=C/C/C(O)=C/C(=C(\C)C/C=C/c1cc2c3c(c1)CCCN3CCC2)c1ccc(Cl)cc1. The average molecular weight is 521 g/mol. The number of aryl methyl sites for hydroxylation is 2. The monoisotopic (exact) mass is 519 g/mol. The minimum Gasteiger partial charge on any atom is -0.512 e. The third-order valence-electron chi connectivity index (χ3n) is 6.89. The van der Waals surface area contributed by atoms with Crippen LogP contribution in [-0.2, 0) is 12.8 Å². The molecule has 0 atom stereocenters. The fraction of sp³-hybridized carbons (Fsp3) is 0.312. The molecule has 0 aromatic heterocycles. The Morgan fingerprint density at radius 1 is 1.00 bits per heavy atom.